The average Bonchev–Trinajstić information content (AvgIpc) is 3.07. The van der Waals surface area contributed by atoms with Gasteiger partial charge in [-0.2, -0.15) is 13.2 Å². The lowest BCUT2D eigenvalue weighted by atomic mass is 10.2. The predicted molar refractivity (Wildman–Crippen MR) is 62.4 cm³/mol. The summed E-state index contributed by atoms with van der Waals surface area (Å²) in [5.41, 5.74) is 0.675. The Morgan fingerprint density at radius 1 is 1.21 bits per heavy atom. The van der Waals surface area contributed by atoms with Gasteiger partial charge in [-0.05, 0) is 30.5 Å². The van der Waals surface area contributed by atoms with Gasteiger partial charge in [0, 0.05) is 18.7 Å². The van der Waals surface area contributed by atoms with Crippen LogP contribution in [0.4, 0.5) is 17.6 Å². The molecule has 0 saturated heterocycles. The van der Waals surface area contributed by atoms with E-state index in [1.165, 1.54) is 6.07 Å². The van der Waals surface area contributed by atoms with Crippen molar-refractivity contribution in [1.29, 1.82) is 0 Å². The largest absolute Gasteiger partial charge is 0.493 e. The van der Waals surface area contributed by atoms with E-state index in [2.05, 4.69) is 5.32 Å². The fraction of sp³-hybridized carbons (Fsp3) is 0.538. The van der Waals surface area contributed by atoms with Gasteiger partial charge < -0.3 is 10.1 Å². The SMILES string of the molecule is Fc1cc(CNC2CC2)cc(OCCC(F)(F)F)c1. The molecule has 0 bridgehead atoms. The van der Waals surface area contributed by atoms with Crippen LogP contribution in [0.25, 0.3) is 0 Å². The zero-order valence-corrected chi connectivity index (χ0v) is 10.3. The minimum atomic E-state index is -4.26. The van der Waals surface area contributed by atoms with Gasteiger partial charge in [-0.1, -0.05) is 0 Å². The van der Waals surface area contributed by atoms with Crippen molar-refractivity contribution >= 4 is 0 Å². The summed E-state index contributed by atoms with van der Waals surface area (Å²) in [6.07, 6.45) is -3.07. The van der Waals surface area contributed by atoms with Gasteiger partial charge in [-0.25, -0.2) is 4.39 Å². The maximum absolute atomic E-state index is 13.3. The quantitative estimate of drug-likeness (QED) is 0.805. The van der Waals surface area contributed by atoms with E-state index in [1.807, 2.05) is 0 Å². The highest BCUT2D eigenvalue weighted by Gasteiger charge is 2.26. The molecule has 1 fully saturated rings. The fourth-order valence-electron chi connectivity index (χ4n) is 1.64. The van der Waals surface area contributed by atoms with E-state index in [-0.39, 0.29) is 5.75 Å². The van der Waals surface area contributed by atoms with Crippen LogP contribution in [-0.4, -0.2) is 18.8 Å². The summed E-state index contributed by atoms with van der Waals surface area (Å²) in [4.78, 5) is 0. The molecule has 1 aromatic rings. The lowest BCUT2D eigenvalue weighted by Crippen LogP contribution is -2.16. The van der Waals surface area contributed by atoms with Crippen molar-refractivity contribution in [3.8, 4) is 5.75 Å². The molecule has 106 valence electrons. The molecule has 1 aliphatic rings. The number of hydrogen-bond donors (Lipinski definition) is 1. The Labute approximate surface area is 108 Å². The Hall–Kier alpha value is -1.30. The first kappa shape index (κ1) is 14.1. The molecule has 19 heavy (non-hydrogen) atoms. The summed E-state index contributed by atoms with van der Waals surface area (Å²) < 4.78 is 54.1. The zero-order valence-electron chi connectivity index (χ0n) is 10.3. The summed E-state index contributed by atoms with van der Waals surface area (Å²) in [5.74, 6) is -0.367. The van der Waals surface area contributed by atoms with Crippen LogP contribution in [0.5, 0.6) is 5.75 Å². The van der Waals surface area contributed by atoms with E-state index in [0.29, 0.717) is 18.2 Å². The third-order valence-corrected chi connectivity index (χ3v) is 2.76. The Bertz CT molecular complexity index is 429. The first-order chi connectivity index (χ1) is 8.92. The maximum Gasteiger partial charge on any atom is 0.392 e. The molecule has 0 heterocycles. The first-order valence-corrected chi connectivity index (χ1v) is 6.15. The Kier molecular flexibility index (Phi) is 4.29. The Balaban J connectivity index is 1.87. The second-order valence-electron chi connectivity index (χ2n) is 4.66. The van der Waals surface area contributed by atoms with Crippen molar-refractivity contribution in [3.63, 3.8) is 0 Å². The summed E-state index contributed by atoms with van der Waals surface area (Å²) in [6, 6.07) is 4.50. The molecule has 1 aliphatic carbocycles. The molecule has 2 rings (SSSR count). The summed E-state index contributed by atoms with van der Waals surface area (Å²) in [6.45, 7) is 0.000500. The van der Waals surface area contributed by atoms with Gasteiger partial charge in [0.2, 0.25) is 0 Å². The third kappa shape index (κ3) is 5.46. The van der Waals surface area contributed by atoms with Gasteiger partial charge in [0.1, 0.15) is 11.6 Å². The number of hydrogen-bond acceptors (Lipinski definition) is 2. The van der Waals surface area contributed by atoms with Crippen LogP contribution in [0, 0.1) is 5.82 Å². The molecule has 0 spiro atoms. The monoisotopic (exact) mass is 277 g/mol. The minimum Gasteiger partial charge on any atom is -0.493 e. The molecule has 0 atom stereocenters. The normalized spacial score (nSPS) is 15.6. The topological polar surface area (TPSA) is 21.3 Å². The molecular weight excluding hydrogens is 262 g/mol. The Morgan fingerprint density at radius 2 is 1.95 bits per heavy atom. The minimum absolute atomic E-state index is 0.136. The highest BCUT2D eigenvalue weighted by atomic mass is 19.4. The van der Waals surface area contributed by atoms with Crippen LogP contribution in [0.1, 0.15) is 24.8 Å². The first-order valence-electron chi connectivity index (χ1n) is 6.15. The van der Waals surface area contributed by atoms with Gasteiger partial charge in [0.05, 0.1) is 13.0 Å². The standard InChI is InChI=1S/C13H15F4NO/c14-10-5-9(8-18-11-1-2-11)6-12(7-10)19-4-3-13(15,16)17/h5-7,11,18H,1-4,8H2. The van der Waals surface area contributed by atoms with Crippen LogP contribution in [0.15, 0.2) is 18.2 Å². The summed E-state index contributed by atoms with van der Waals surface area (Å²) in [7, 11) is 0. The van der Waals surface area contributed by atoms with Gasteiger partial charge in [0.15, 0.2) is 0 Å². The second kappa shape index (κ2) is 5.77. The molecule has 0 aliphatic heterocycles. The van der Waals surface area contributed by atoms with E-state index >= 15 is 0 Å². The smallest absolute Gasteiger partial charge is 0.392 e. The summed E-state index contributed by atoms with van der Waals surface area (Å²) in [5, 5.41) is 3.21. The van der Waals surface area contributed by atoms with E-state index < -0.39 is 25.0 Å². The van der Waals surface area contributed by atoms with Crippen LogP contribution < -0.4 is 10.1 Å². The van der Waals surface area contributed by atoms with Gasteiger partial charge in [0.25, 0.3) is 0 Å². The number of ether oxygens (including phenoxy) is 1. The van der Waals surface area contributed by atoms with Crippen molar-refractivity contribution in [2.45, 2.75) is 38.0 Å². The highest BCUT2D eigenvalue weighted by molar-refractivity contribution is 5.29. The lowest BCUT2D eigenvalue weighted by molar-refractivity contribution is -0.139. The van der Waals surface area contributed by atoms with Gasteiger partial charge >= 0.3 is 6.18 Å². The molecule has 1 saturated carbocycles. The van der Waals surface area contributed by atoms with Crippen molar-refractivity contribution < 1.29 is 22.3 Å². The van der Waals surface area contributed by atoms with Crippen molar-refractivity contribution in [1.82, 2.24) is 5.32 Å². The van der Waals surface area contributed by atoms with Crippen molar-refractivity contribution in [2.75, 3.05) is 6.61 Å². The lowest BCUT2D eigenvalue weighted by Gasteiger charge is -2.10. The van der Waals surface area contributed by atoms with Crippen LogP contribution >= 0.6 is 0 Å². The van der Waals surface area contributed by atoms with E-state index in [0.717, 1.165) is 18.9 Å². The molecule has 2 nitrogen and oxygen atoms in total. The molecule has 0 unspecified atom stereocenters. The van der Waals surface area contributed by atoms with Gasteiger partial charge in [-0.15, -0.1) is 0 Å². The number of rotatable bonds is 6. The molecule has 0 aromatic heterocycles. The molecule has 1 N–H and O–H groups in total. The van der Waals surface area contributed by atoms with Crippen molar-refractivity contribution in [2.24, 2.45) is 0 Å². The van der Waals surface area contributed by atoms with Crippen LogP contribution in [-0.2, 0) is 6.54 Å². The predicted octanol–water partition coefficient (Wildman–Crippen LogP) is 3.41. The fourth-order valence-corrected chi connectivity index (χ4v) is 1.64. The van der Waals surface area contributed by atoms with Gasteiger partial charge in [-0.3, -0.25) is 0 Å². The number of nitrogens with one attached hydrogen (secondary N) is 1. The Morgan fingerprint density at radius 3 is 2.58 bits per heavy atom. The molecule has 0 radical (unpaired) electrons. The molecule has 6 heteroatoms. The average molecular weight is 277 g/mol. The van der Waals surface area contributed by atoms with Crippen LogP contribution in [0.2, 0.25) is 0 Å². The summed E-state index contributed by atoms with van der Waals surface area (Å²) >= 11 is 0. The second-order valence-corrected chi connectivity index (χ2v) is 4.66. The molecular formula is C13H15F4NO. The molecule has 0 amide bonds. The number of halogens is 4. The zero-order chi connectivity index (χ0) is 13.9. The number of benzene rings is 1. The van der Waals surface area contributed by atoms with Crippen molar-refractivity contribution in [3.05, 3.63) is 29.6 Å². The van der Waals surface area contributed by atoms with Crippen LogP contribution in [0.3, 0.4) is 0 Å². The molecule has 1 aromatic carbocycles. The maximum atomic E-state index is 13.3. The third-order valence-electron chi connectivity index (χ3n) is 2.76. The highest BCUT2D eigenvalue weighted by Crippen LogP contribution is 2.23. The number of alkyl halides is 3. The van der Waals surface area contributed by atoms with E-state index in [1.54, 1.807) is 6.07 Å². The van der Waals surface area contributed by atoms with E-state index in [9.17, 15) is 17.6 Å². The van der Waals surface area contributed by atoms with E-state index in [4.69, 9.17) is 4.74 Å².